The summed E-state index contributed by atoms with van der Waals surface area (Å²) in [7, 11) is 0. The third-order valence-corrected chi connectivity index (χ3v) is 3.97. The molecule has 0 atom stereocenters. The summed E-state index contributed by atoms with van der Waals surface area (Å²) in [5.74, 6) is -0.366. The molecular weight excluding hydrogens is 318 g/mol. The van der Waals surface area contributed by atoms with Crippen molar-refractivity contribution in [3.63, 3.8) is 0 Å². The van der Waals surface area contributed by atoms with Gasteiger partial charge < -0.3 is 10.6 Å². The number of hydrogen-bond acceptors (Lipinski definition) is 3. The summed E-state index contributed by atoms with van der Waals surface area (Å²) in [5.41, 5.74) is 3.51. The van der Waals surface area contributed by atoms with Gasteiger partial charge in [0.25, 0.3) is 0 Å². The van der Waals surface area contributed by atoms with Crippen LogP contribution in [-0.2, 0) is 22.6 Å². The summed E-state index contributed by atoms with van der Waals surface area (Å²) in [4.78, 5) is 36.6. The van der Waals surface area contributed by atoms with E-state index in [9.17, 15) is 14.4 Å². The lowest BCUT2D eigenvalue weighted by Crippen LogP contribution is -2.30. The molecule has 0 saturated carbocycles. The minimum Gasteiger partial charge on any atom is -0.329 e. The zero-order valence-corrected chi connectivity index (χ0v) is 13.9. The lowest BCUT2D eigenvalue weighted by atomic mass is 10.1. The van der Waals surface area contributed by atoms with Crippen LogP contribution in [0.25, 0.3) is 0 Å². The summed E-state index contributed by atoms with van der Waals surface area (Å²) < 4.78 is 0. The average molecular weight is 337 g/mol. The van der Waals surface area contributed by atoms with E-state index in [1.54, 1.807) is 18.2 Å². The molecule has 128 valence electrons. The van der Waals surface area contributed by atoms with Crippen LogP contribution in [0.3, 0.4) is 0 Å². The highest BCUT2D eigenvalue weighted by Gasteiger charge is 2.28. The number of anilines is 1. The minimum absolute atomic E-state index is 0.0335. The fourth-order valence-electron chi connectivity index (χ4n) is 2.64. The van der Waals surface area contributed by atoms with Gasteiger partial charge in [0.1, 0.15) is 0 Å². The van der Waals surface area contributed by atoms with Crippen LogP contribution in [0.2, 0.25) is 0 Å². The van der Waals surface area contributed by atoms with E-state index >= 15 is 0 Å². The number of urea groups is 1. The van der Waals surface area contributed by atoms with E-state index in [-0.39, 0.29) is 37.4 Å². The smallest absolute Gasteiger partial charge is 0.324 e. The number of nitrogens with one attached hydrogen (secondary N) is 2. The van der Waals surface area contributed by atoms with Crippen LogP contribution in [0.1, 0.15) is 16.7 Å². The molecule has 1 fully saturated rings. The van der Waals surface area contributed by atoms with Crippen LogP contribution in [0.4, 0.5) is 10.5 Å². The van der Waals surface area contributed by atoms with Crippen molar-refractivity contribution in [3.05, 3.63) is 65.2 Å². The summed E-state index contributed by atoms with van der Waals surface area (Å²) in [6.45, 7) is 2.22. The maximum atomic E-state index is 12.2. The van der Waals surface area contributed by atoms with Gasteiger partial charge in [-0.15, -0.1) is 0 Å². The van der Waals surface area contributed by atoms with Gasteiger partial charge in [-0.05, 0) is 30.2 Å². The molecule has 0 radical (unpaired) electrons. The Hall–Kier alpha value is -3.15. The molecule has 2 N–H and O–H groups in total. The Balaban J connectivity index is 1.63. The second-order valence-electron chi connectivity index (χ2n) is 6.05. The third-order valence-electron chi connectivity index (χ3n) is 3.97. The molecule has 3 rings (SSSR count). The minimum atomic E-state index is -0.390. The van der Waals surface area contributed by atoms with Crippen LogP contribution in [0.5, 0.6) is 0 Å². The second-order valence-corrected chi connectivity index (χ2v) is 6.05. The number of imide groups is 1. The molecule has 1 aliphatic heterocycles. The Bertz CT molecular complexity index is 799. The third kappa shape index (κ3) is 4.23. The van der Waals surface area contributed by atoms with E-state index in [1.807, 2.05) is 37.3 Å². The van der Waals surface area contributed by atoms with Crippen molar-refractivity contribution in [2.45, 2.75) is 19.9 Å². The predicted octanol–water partition coefficient (Wildman–Crippen LogP) is 2.23. The Morgan fingerprint density at radius 2 is 1.88 bits per heavy atom. The van der Waals surface area contributed by atoms with Gasteiger partial charge in [0.05, 0.1) is 19.5 Å². The molecule has 0 aromatic heterocycles. The summed E-state index contributed by atoms with van der Waals surface area (Å²) in [6, 6.07) is 14.6. The molecule has 2 aromatic rings. The Kier molecular flexibility index (Phi) is 4.79. The zero-order chi connectivity index (χ0) is 17.8. The van der Waals surface area contributed by atoms with Crippen LogP contribution >= 0.6 is 0 Å². The summed E-state index contributed by atoms with van der Waals surface area (Å²) in [6.07, 6.45) is 0.289. The Morgan fingerprint density at radius 3 is 2.56 bits per heavy atom. The number of amides is 4. The first-order valence-corrected chi connectivity index (χ1v) is 8.04. The lowest BCUT2D eigenvalue weighted by molar-refractivity contribution is -0.125. The molecule has 1 heterocycles. The maximum Gasteiger partial charge on any atom is 0.324 e. The maximum absolute atomic E-state index is 12.2. The standard InChI is InChI=1S/C19H19N3O3/c1-13-5-7-14(8-6-13)10-17(23)21-16-4-2-3-15(9-16)12-22-18(24)11-20-19(22)25/h2-9H,10-12H2,1H3,(H,20,25)(H,21,23). The molecule has 1 saturated heterocycles. The predicted molar refractivity (Wildman–Crippen MR) is 93.9 cm³/mol. The van der Waals surface area contributed by atoms with Gasteiger partial charge in [-0.2, -0.15) is 0 Å². The number of nitrogens with zero attached hydrogens (tertiary/aromatic N) is 1. The number of hydrogen-bond donors (Lipinski definition) is 2. The molecule has 6 heteroatoms. The normalized spacial score (nSPS) is 13.7. The molecule has 1 aliphatic rings. The topological polar surface area (TPSA) is 78.5 Å². The highest BCUT2D eigenvalue weighted by atomic mass is 16.2. The first-order valence-electron chi connectivity index (χ1n) is 8.04. The van der Waals surface area contributed by atoms with E-state index in [2.05, 4.69) is 10.6 Å². The highest BCUT2D eigenvalue weighted by Crippen LogP contribution is 2.15. The number of aryl methyl sites for hydroxylation is 1. The fraction of sp³-hybridized carbons (Fsp3) is 0.211. The second kappa shape index (κ2) is 7.17. The van der Waals surface area contributed by atoms with E-state index in [4.69, 9.17) is 0 Å². The molecule has 0 unspecified atom stereocenters. The van der Waals surface area contributed by atoms with E-state index in [0.29, 0.717) is 5.69 Å². The first-order chi connectivity index (χ1) is 12.0. The quantitative estimate of drug-likeness (QED) is 0.821. The molecule has 6 nitrogen and oxygen atoms in total. The Labute approximate surface area is 145 Å². The average Bonchev–Trinajstić information content (AvgIpc) is 2.89. The van der Waals surface area contributed by atoms with Gasteiger partial charge >= 0.3 is 6.03 Å². The van der Waals surface area contributed by atoms with Crippen molar-refractivity contribution in [2.75, 3.05) is 11.9 Å². The molecule has 0 spiro atoms. The molecule has 25 heavy (non-hydrogen) atoms. The van der Waals surface area contributed by atoms with Crippen molar-refractivity contribution in [3.8, 4) is 0 Å². The van der Waals surface area contributed by atoms with Crippen molar-refractivity contribution in [1.82, 2.24) is 10.2 Å². The molecule has 0 aliphatic carbocycles. The SMILES string of the molecule is Cc1ccc(CC(=O)Nc2cccc(CN3C(=O)CNC3=O)c2)cc1. The van der Waals surface area contributed by atoms with Gasteiger partial charge in [-0.25, -0.2) is 4.79 Å². The highest BCUT2D eigenvalue weighted by molar-refractivity contribution is 6.01. The number of carbonyl (C=O) groups is 3. The van der Waals surface area contributed by atoms with Crippen LogP contribution in [-0.4, -0.2) is 29.3 Å². The number of rotatable bonds is 5. The number of benzene rings is 2. The van der Waals surface area contributed by atoms with Crippen LogP contribution < -0.4 is 10.6 Å². The van der Waals surface area contributed by atoms with Crippen molar-refractivity contribution in [1.29, 1.82) is 0 Å². The van der Waals surface area contributed by atoms with E-state index < -0.39 is 0 Å². The zero-order valence-electron chi connectivity index (χ0n) is 13.9. The van der Waals surface area contributed by atoms with E-state index in [0.717, 1.165) is 21.6 Å². The van der Waals surface area contributed by atoms with Gasteiger partial charge in [0.2, 0.25) is 11.8 Å². The van der Waals surface area contributed by atoms with Crippen molar-refractivity contribution < 1.29 is 14.4 Å². The first kappa shape index (κ1) is 16.7. The van der Waals surface area contributed by atoms with Crippen LogP contribution in [0.15, 0.2) is 48.5 Å². The van der Waals surface area contributed by atoms with Gasteiger partial charge in [-0.1, -0.05) is 42.0 Å². The fourth-order valence-corrected chi connectivity index (χ4v) is 2.64. The monoisotopic (exact) mass is 337 g/mol. The number of carbonyl (C=O) groups excluding carboxylic acids is 3. The van der Waals surface area contributed by atoms with Crippen molar-refractivity contribution >= 4 is 23.5 Å². The summed E-state index contributed by atoms with van der Waals surface area (Å²) in [5, 5.41) is 5.34. The van der Waals surface area contributed by atoms with Gasteiger partial charge in [0, 0.05) is 5.69 Å². The summed E-state index contributed by atoms with van der Waals surface area (Å²) >= 11 is 0. The Morgan fingerprint density at radius 1 is 1.12 bits per heavy atom. The van der Waals surface area contributed by atoms with E-state index in [1.165, 1.54) is 0 Å². The van der Waals surface area contributed by atoms with Gasteiger partial charge in [0.15, 0.2) is 0 Å². The largest absolute Gasteiger partial charge is 0.329 e. The lowest BCUT2D eigenvalue weighted by Gasteiger charge is -2.13. The molecular formula is C19H19N3O3. The van der Waals surface area contributed by atoms with Gasteiger partial charge in [-0.3, -0.25) is 14.5 Å². The molecule has 2 aromatic carbocycles. The van der Waals surface area contributed by atoms with Crippen molar-refractivity contribution in [2.24, 2.45) is 0 Å². The molecule has 4 amide bonds. The van der Waals surface area contributed by atoms with Crippen LogP contribution in [0, 0.1) is 6.92 Å². The molecule has 0 bridgehead atoms.